The highest BCUT2D eigenvalue weighted by atomic mass is 35.5. The lowest BCUT2D eigenvalue weighted by atomic mass is 10.0. The molecular weight excluding hydrogens is 672 g/mol. The number of nitrogens with two attached hydrogens (primary N) is 3. The molecule has 4 rings (SSSR count). The second-order valence-electron chi connectivity index (χ2n) is 11.4. The highest BCUT2D eigenvalue weighted by Crippen LogP contribution is 2.24. The summed E-state index contributed by atoms with van der Waals surface area (Å²) >= 11 is 5.99. The summed E-state index contributed by atoms with van der Waals surface area (Å²) in [6, 6.07) is 7.38. The number of hydrogen-bond donors (Lipinski definition) is 11. The first-order chi connectivity index (χ1) is 23.8. The highest BCUT2D eigenvalue weighted by Gasteiger charge is 2.34. The van der Waals surface area contributed by atoms with Crippen molar-refractivity contribution in [2.45, 2.75) is 43.6 Å². The summed E-state index contributed by atoms with van der Waals surface area (Å²) < 4.78 is 0. The molecule has 0 saturated carbocycles. The van der Waals surface area contributed by atoms with E-state index >= 15 is 0 Å². The van der Waals surface area contributed by atoms with Crippen molar-refractivity contribution in [2.75, 3.05) is 25.0 Å². The number of aliphatic imine (C=N–C) groups is 1. The van der Waals surface area contributed by atoms with E-state index in [4.69, 9.17) is 28.8 Å². The van der Waals surface area contributed by atoms with Crippen LogP contribution in [0.25, 0.3) is 11.1 Å². The Morgan fingerprint density at radius 2 is 1.70 bits per heavy atom. The van der Waals surface area contributed by atoms with Crippen LogP contribution in [0, 0.1) is 0 Å². The smallest absolute Gasteiger partial charge is 0.323 e. The fourth-order valence-electron chi connectivity index (χ4n) is 4.88. The van der Waals surface area contributed by atoms with Crippen molar-refractivity contribution in [2.24, 2.45) is 22.2 Å². The van der Waals surface area contributed by atoms with E-state index in [0.29, 0.717) is 10.7 Å². The maximum atomic E-state index is 13.7. The molecule has 2 heterocycles. The summed E-state index contributed by atoms with van der Waals surface area (Å²) in [6.45, 7) is 0.838. The second kappa shape index (κ2) is 17.1. The first kappa shape index (κ1) is 37.1. The van der Waals surface area contributed by atoms with Gasteiger partial charge in [-0.05, 0) is 48.7 Å². The van der Waals surface area contributed by atoms with Gasteiger partial charge in [-0.1, -0.05) is 35.9 Å². The molecular formula is C31H39ClN12O6. The minimum atomic E-state index is -1.38. The van der Waals surface area contributed by atoms with Crippen LogP contribution >= 0.6 is 11.6 Å². The van der Waals surface area contributed by atoms with Crippen molar-refractivity contribution in [1.29, 1.82) is 0 Å². The van der Waals surface area contributed by atoms with Gasteiger partial charge in [0, 0.05) is 36.5 Å². The Morgan fingerprint density at radius 3 is 2.40 bits per heavy atom. The third-order valence-corrected chi connectivity index (χ3v) is 7.88. The molecule has 0 aliphatic carbocycles. The quantitative estimate of drug-likeness (QED) is 0.147. The molecule has 18 nitrogen and oxygen atoms in total. The number of hydrogen-bond acceptors (Lipinski definition) is 11. The van der Waals surface area contributed by atoms with Crippen LogP contribution < -0.4 is 59.7 Å². The van der Waals surface area contributed by atoms with E-state index in [1.54, 1.807) is 30.3 Å². The van der Waals surface area contributed by atoms with Crippen LogP contribution in [0.4, 0.5) is 10.5 Å². The van der Waals surface area contributed by atoms with Gasteiger partial charge in [-0.3, -0.25) is 29.0 Å². The molecule has 0 radical (unpaired) electrons. The van der Waals surface area contributed by atoms with Gasteiger partial charge in [-0.2, -0.15) is 0 Å². The van der Waals surface area contributed by atoms with Crippen molar-refractivity contribution in [3.8, 4) is 11.1 Å². The van der Waals surface area contributed by atoms with Gasteiger partial charge in [0.25, 0.3) is 5.91 Å². The van der Waals surface area contributed by atoms with Crippen LogP contribution in [0.15, 0.2) is 65.4 Å². The normalized spacial score (nSPS) is 24.7. The van der Waals surface area contributed by atoms with Gasteiger partial charge in [-0.25, -0.2) is 4.79 Å². The Kier molecular flexibility index (Phi) is 12.7. The molecule has 0 bridgehead atoms. The SMILES string of the molecule is C[C@@H]1NC(=O)[C@@H](N)CNC(=O)[C@H](C2CCN=C(N)N2)NC(=O)C(=CNC(=O)Nc2cccc(-c3ccc(Cl)cc3)c2)NC(=O)[C@H](CN)NC1=O. The monoisotopic (exact) mass is 710 g/mol. The molecule has 19 heteroatoms. The van der Waals surface area contributed by atoms with Gasteiger partial charge in [0.2, 0.25) is 23.6 Å². The van der Waals surface area contributed by atoms with Crippen molar-refractivity contribution in [1.82, 2.24) is 37.2 Å². The zero-order chi connectivity index (χ0) is 36.4. The van der Waals surface area contributed by atoms with Crippen molar-refractivity contribution in [3.05, 3.63) is 65.5 Å². The number of guanidine groups is 1. The number of urea groups is 1. The molecule has 2 aromatic rings. The van der Waals surface area contributed by atoms with E-state index in [0.717, 1.165) is 17.3 Å². The van der Waals surface area contributed by atoms with Crippen LogP contribution in [-0.4, -0.2) is 91.4 Å². The zero-order valence-electron chi connectivity index (χ0n) is 26.9. The van der Waals surface area contributed by atoms with Gasteiger partial charge < -0.3 is 59.7 Å². The predicted molar refractivity (Wildman–Crippen MR) is 185 cm³/mol. The van der Waals surface area contributed by atoms with Crippen molar-refractivity contribution in [3.63, 3.8) is 0 Å². The summed E-state index contributed by atoms with van der Waals surface area (Å²) in [6.07, 6.45) is 1.19. The molecule has 266 valence electrons. The molecule has 0 spiro atoms. The van der Waals surface area contributed by atoms with E-state index < -0.39 is 78.0 Å². The molecule has 7 amide bonds. The first-order valence-electron chi connectivity index (χ1n) is 15.5. The number of anilines is 1. The van der Waals surface area contributed by atoms with Gasteiger partial charge in [0.05, 0.1) is 6.04 Å². The molecule has 2 aliphatic heterocycles. The van der Waals surface area contributed by atoms with E-state index in [1.807, 2.05) is 18.2 Å². The Labute approximate surface area is 291 Å². The van der Waals surface area contributed by atoms with Crippen LogP contribution in [-0.2, 0) is 24.0 Å². The molecule has 50 heavy (non-hydrogen) atoms. The number of carbonyl (C=O) groups excluding carboxylic acids is 6. The van der Waals surface area contributed by atoms with Gasteiger partial charge >= 0.3 is 6.03 Å². The number of amides is 7. The highest BCUT2D eigenvalue weighted by molar-refractivity contribution is 6.30. The third kappa shape index (κ3) is 10.1. The lowest BCUT2D eigenvalue weighted by Gasteiger charge is -2.31. The van der Waals surface area contributed by atoms with Gasteiger partial charge in [-0.15, -0.1) is 0 Å². The third-order valence-electron chi connectivity index (χ3n) is 7.63. The maximum absolute atomic E-state index is 13.7. The molecule has 2 aliphatic rings. The van der Waals surface area contributed by atoms with Crippen molar-refractivity contribution >= 4 is 58.8 Å². The standard InChI is InChI=1S/C31H39ClN12O6/c1-15-25(45)41-22(12-33)27(47)42-23(14-38-31(50)40-19-4-2-3-17(11-19)16-5-7-18(32)8-6-16)28(48)44-24(21-9-10-36-30(35)43-21)29(49)37-13-20(34)26(46)39-15/h2-8,11,14-15,20-22,24H,9-10,12-13,33-34H2,1H3,(H,37,49)(H,39,46)(H,41,45)(H,42,47)(H,44,48)(H3,35,36,43)(H2,38,40,50)/t15-,20-,21?,22-,24-/m0/s1. The lowest BCUT2D eigenvalue weighted by molar-refractivity contribution is -0.132. The minimum Gasteiger partial charge on any atom is -0.370 e. The van der Waals surface area contributed by atoms with E-state index in [9.17, 15) is 28.8 Å². The lowest BCUT2D eigenvalue weighted by Crippen LogP contribution is -2.63. The number of halogens is 1. The Bertz CT molecular complexity index is 1680. The summed E-state index contributed by atoms with van der Waals surface area (Å²) in [5.41, 5.74) is 19.1. The summed E-state index contributed by atoms with van der Waals surface area (Å²) in [7, 11) is 0. The maximum Gasteiger partial charge on any atom is 0.323 e. The van der Waals surface area contributed by atoms with Crippen LogP contribution in [0.5, 0.6) is 0 Å². The summed E-state index contributed by atoms with van der Waals surface area (Å²) in [5.74, 6) is -4.18. The number of nitrogens with zero attached hydrogens (tertiary/aromatic N) is 1. The molecule has 1 saturated heterocycles. The molecule has 1 fully saturated rings. The fraction of sp³-hybridized carbons (Fsp3) is 0.323. The largest absolute Gasteiger partial charge is 0.370 e. The van der Waals surface area contributed by atoms with Crippen LogP contribution in [0.3, 0.4) is 0 Å². The molecule has 14 N–H and O–H groups in total. The van der Waals surface area contributed by atoms with Crippen LogP contribution in [0.1, 0.15) is 13.3 Å². The number of nitrogens with one attached hydrogen (secondary N) is 8. The fourth-order valence-corrected chi connectivity index (χ4v) is 5.01. The zero-order valence-corrected chi connectivity index (χ0v) is 27.7. The average Bonchev–Trinajstić information content (AvgIpc) is 3.09. The Morgan fingerprint density at radius 1 is 0.960 bits per heavy atom. The Hall–Kier alpha value is -5.72. The summed E-state index contributed by atoms with van der Waals surface area (Å²) in [4.78, 5) is 82.8. The van der Waals surface area contributed by atoms with Gasteiger partial charge in [0.15, 0.2) is 5.96 Å². The molecule has 5 atom stereocenters. The number of carbonyl (C=O) groups is 6. The average molecular weight is 711 g/mol. The number of rotatable bonds is 5. The number of benzene rings is 2. The second-order valence-corrected chi connectivity index (χ2v) is 11.8. The Balaban J connectivity index is 1.61. The van der Waals surface area contributed by atoms with Crippen molar-refractivity contribution < 1.29 is 28.8 Å². The van der Waals surface area contributed by atoms with E-state index in [-0.39, 0.29) is 25.5 Å². The topological polar surface area (TPSA) is 289 Å². The first-order valence-corrected chi connectivity index (χ1v) is 15.9. The summed E-state index contributed by atoms with van der Waals surface area (Å²) in [5, 5.41) is 20.7. The molecule has 2 aromatic carbocycles. The van der Waals surface area contributed by atoms with E-state index in [1.165, 1.54) is 6.92 Å². The molecule has 0 aromatic heterocycles. The van der Waals surface area contributed by atoms with Crippen LogP contribution in [0.2, 0.25) is 5.02 Å². The predicted octanol–water partition coefficient (Wildman–Crippen LogP) is -2.35. The van der Waals surface area contributed by atoms with Gasteiger partial charge in [0.1, 0.15) is 29.9 Å². The van der Waals surface area contributed by atoms with E-state index in [2.05, 4.69) is 47.5 Å². The minimum absolute atomic E-state index is 0.0320. The molecule has 1 unspecified atom stereocenters.